The second kappa shape index (κ2) is 9.09. The molecule has 2 aromatic rings. The quantitative estimate of drug-likeness (QED) is 0.233. The molecule has 1 aliphatic carbocycles. The Hall–Kier alpha value is -2.26. The molecule has 0 amide bonds. The molecule has 8 nitrogen and oxygen atoms in total. The van der Waals surface area contributed by atoms with Crippen molar-refractivity contribution in [2.45, 2.75) is 30.7 Å². The Kier molecular flexibility index (Phi) is 6.57. The van der Waals surface area contributed by atoms with Gasteiger partial charge in [0.1, 0.15) is 5.65 Å². The van der Waals surface area contributed by atoms with Crippen LogP contribution in [0.5, 0.6) is 0 Å². The van der Waals surface area contributed by atoms with Crippen LogP contribution < -0.4 is 22.5 Å². The Bertz CT molecular complexity index is 895. The van der Waals surface area contributed by atoms with Crippen molar-refractivity contribution in [1.82, 2.24) is 19.9 Å². The highest BCUT2D eigenvalue weighted by molar-refractivity contribution is 7.98. The highest BCUT2D eigenvalue weighted by atomic mass is 32.2. The molecule has 1 aliphatic rings. The van der Waals surface area contributed by atoms with Gasteiger partial charge in [0.05, 0.1) is 5.03 Å². The maximum absolute atomic E-state index is 12.4. The number of aromatic nitrogens is 3. The van der Waals surface area contributed by atoms with Crippen LogP contribution in [0.4, 0.5) is 0 Å². The summed E-state index contributed by atoms with van der Waals surface area (Å²) in [6.07, 6.45) is 9.88. The molecule has 1 atom stereocenters. The summed E-state index contributed by atoms with van der Waals surface area (Å²) in [5.41, 5.74) is 12.1. The van der Waals surface area contributed by atoms with Gasteiger partial charge in [0, 0.05) is 23.8 Å². The summed E-state index contributed by atoms with van der Waals surface area (Å²) in [5.74, 6) is 0.728. The average Bonchev–Trinajstić information content (AvgIpc) is 3.06. The van der Waals surface area contributed by atoms with Crippen molar-refractivity contribution in [3.05, 3.63) is 28.8 Å². The maximum atomic E-state index is 12.4. The Morgan fingerprint density at radius 3 is 3.07 bits per heavy atom. The van der Waals surface area contributed by atoms with E-state index in [4.69, 9.17) is 11.5 Å². The van der Waals surface area contributed by atoms with Crippen molar-refractivity contribution < 1.29 is 0 Å². The van der Waals surface area contributed by atoms with Crippen LogP contribution >= 0.6 is 11.8 Å². The van der Waals surface area contributed by atoms with Gasteiger partial charge in [-0.2, -0.15) is 4.98 Å². The summed E-state index contributed by atoms with van der Waals surface area (Å²) in [7, 11) is 0. The predicted molar refractivity (Wildman–Crippen MR) is 112 cm³/mol. The number of rotatable bonds is 8. The number of allylic oxidation sites excluding steroid dienone is 2. The molecule has 6 N–H and O–H groups in total. The van der Waals surface area contributed by atoms with E-state index >= 15 is 0 Å². The minimum Gasteiger partial charge on any atom is -0.370 e. The molecule has 0 spiro atoms. The van der Waals surface area contributed by atoms with Gasteiger partial charge in [-0.15, -0.1) is 11.8 Å². The normalized spacial score (nSPS) is 17.1. The number of fused-ring (bicyclic) bond motifs is 1. The lowest BCUT2D eigenvalue weighted by atomic mass is 9.92. The summed E-state index contributed by atoms with van der Waals surface area (Å²) in [5, 5.41) is 5.44. The number of nitrogens with one attached hydrogen (secondary N) is 2. The van der Waals surface area contributed by atoms with E-state index in [0.717, 1.165) is 54.9 Å². The lowest BCUT2D eigenvalue weighted by molar-refractivity contribution is 0.439. The lowest BCUT2D eigenvalue weighted by Crippen LogP contribution is -2.28. The number of H-pyrrole nitrogens is 1. The van der Waals surface area contributed by atoms with Crippen molar-refractivity contribution in [3.8, 4) is 0 Å². The van der Waals surface area contributed by atoms with Gasteiger partial charge in [0.25, 0.3) is 0 Å². The van der Waals surface area contributed by atoms with E-state index in [0.29, 0.717) is 18.1 Å². The zero-order valence-electron chi connectivity index (χ0n) is 15.6. The van der Waals surface area contributed by atoms with E-state index in [1.807, 2.05) is 18.5 Å². The van der Waals surface area contributed by atoms with Gasteiger partial charge < -0.3 is 21.8 Å². The van der Waals surface area contributed by atoms with Crippen LogP contribution in [-0.4, -0.2) is 46.4 Å². The summed E-state index contributed by atoms with van der Waals surface area (Å²) in [6.45, 7) is 2.52. The third kappa shape index (κ3) is 5.14. The van der Waals surface area contributed by atoms with Crippen LogP contribution in [0.1, 0.15) is 25.7 Å². The van der Waals surface area contributed by atoms with Gasteiger partial charge >= 0.3 is 5.69 Å². The summed E-state index contributed by atoms with van der Waals surface area (Å²) >= 11 is 1.61. The van der Waals surface area contributed by atoms with Crippen LogP contribution in [0.15, 0.2) is 33.2 Å². The summed E-state index contributed by atoms with van der Waals surface area (Å²) in [4.78, 5) is 23.7. The number of thioether (sulfide) groups is 1. The first-order chi connectivity index (χ1) is 13.1. The standard InChI is InChI=1S/C18H27N7OS/c1-27-15-9-13-11-25(18(26)24-16(13)23-15)14-5-3-12(4-6-14)10-21-7-2-8-22-17(19)20/h5,9,11-12,21H,2-4,6-8,10H2,1H3,(H4,19,20,22)(H,23,24,26). The van der Waals surface area contributed by atoms with E-state index in [9.17, 15) is 4.79 Å². The van der Waals surface area contributed by atoms with E-state index in [-0.39, 0.29) is 11.6 Å². The fourth-order valence-corrected chi connectivity index (χ4v) is 3.73. The van der Waals surface area contributed by atoms with Crippen molar-refractivity contribution in [2.75, 3.05) is 25.9 Å². The first-order valence-corrected chi connectivity index (χ1v) is 10.4. The molecule has 0 radical (unpaired) electrons. The average molecular weight is 390 g/mol. The number of nitrogens with zero attached hydrogens (tertiary/aromatic N) is 3. The predicted octanol–water partition coefficient (Wildman–Crippen LogP) is 1.34. The third-order valence-electron chi connectivity index (χ3n) is 4.75. The minimum absolute atomic E-state index is 0.146. The fourth-order valence-electron chi connectivity index (χ4n) is 3.28. The molecule has 0 saturated heterocycles. The fraction of sp³-hybridized carbons (Fsp3) is 0.500. The number of hydrogen-bond donors (Lipinski definition) is 4. The van der Waals surface area contributed by atoms with Crippen LogP contribution in [-0.2, 0) is 0 Å². The zero-order chi connectivity index (χ0) is 19.2. The summed E-state index contributed by atoms with van der Waals surface area (Å²) < 4.78 is 1.69. The molecule has 146 valence electrons. The number of guanidine groups is 1. The highest BCUT2D eigenvalue weighted by Crippen LogP contribution is 2.26. The second-order valence-corrected chi connectivity index (χ2v) is 7.58. The first kappa shape index (κ1) is 19.5. The van der Waals surface area contributed by atoms with Gasteiger partial charge in [-0.1, -0.05) is 6.08 Å². The Labute approximate surface area is 162 Å². The van der Waals surface area contributed by atoms with Gasteiger partial charge in [0.2, 0.25) is 0 Å². The Morgan fingerprint density at radius 2 is 2.37 bits per heavy atom. The third-order valence-corrected chi connectivity index (χ3v) is 5.41. The summed E-state index contributed by atoms with van der Waals surface area (Å²) in [6, 6.07) is 2.03. The van der Waals surface area contributed by atoms with Crippen molar-refractivity contribution >= 4 is 34.5 Å². The number of aromatic amines is 1. The first-order valence-electron chi connectivity index (χ1n) is 9.18. The van der Waals surface area contributed by atoms with Crippen LogP contribution in [0.3, 0.4) is 0 Å². The molecule has 3 rings (SSSR count). The number of aliphatic imine (C=N–C) groups is 1. The van der Waals surface area contributed by atoms with Gasteiger partial charge in [-0.25, -0.2) is 4.79 Å². The van der Waals surface area contributed by atoms with E-state index in [2.05, 4.69) is 26.4 Å². The van der Waals surface area contributed by atoms with Crippen LogP contribution in [0.25, 0.3) is 16.7 Å². The zero-order valence-corrected chi connectivity index (χ0v) is 16.4. The molecule has 9 heteroatoms. The highest BCUT2D eigenvalue weighted by Gasteiger charge is 2.17. The molecule has 0 aliphatic heterocycles. The molecule has 2 heterocycles. The van der Waals surface area contributed by atoms with Crippen molar-refractivity contribution in [2.24, 2.45) is 22.4 Å². The maximum Gasteiger partial charge on any atom is 0.353 e. The largest absolute Gasteiger partial charge is 0.370 e. The van der Waals surface area contributed by atoms with Crippen LogP contribution in [0.2, 0.25) is 0 Å². The Morgan fingerprint density at radius 1 is 1.52 bits per heavy atom. The van der Waals surface area contributed by atoms with Crippen molar-refractivity contribution in [3.63, 3.8) is 0 Å². The number of nitrogens with two attached hydrogens (primary N) is 2. The van der Waals surface area contributed by atoms with E-state index in [1.165, 1.54) is 0 Å². The van der Waals surface area contributed by atoms with Gasteiger partial charge in [0.15, 0.2) is 5.96 Å². The molecule has 2 aromatic heterocycles. The molecular formula is C18H27N7OS. The lowest BCUT2D eigenvalue weighted by Gasteiger charge is -2.23. The molecule has 0 saturated carbocycles. The molecule has 0 bridgehead atoms. The SMILES string of the molecule is CSc1cc2cn(C3=CCC(CNCCCN=C(N)N)CC3)c(=O)nc2[nH]1. The van der Waals surface area contributed by atoms with Crippen molar-refractivity contribution in [1.29, 1.82) is 0 Å². The Balaban J connectivity index is 1.55. The van der Waals surface area contributed by atoms with Gasteiger partial charge in [-0.05, 0) is 57.0 Å². The number of hydrogen-bond acceptors (Lipinski definition) is 5. The van der Waals surface area contributed by atoms with Gasteiger partial charge in [-0.3, -0.25) is 9.56 Å². The molecule has 1 unspecified atom stereocenters. The molecule has 0 aromatic carbocycles. The minimum atomic E-state index is -0.223. The molecular weight excluding hydrogens is 362 g/mol. The molecule has 0 fully saturated rings. The topological polar surface area (TPSA) is 127 Å². The molecule has 27 heavy (non-hydrogen) atoms. The van der Waals surface area contributed by atoms with E-state index < -0.39 is 0 Å². The van der Waals surface area contributed by atoms with E-state index in [1.54, 1.807) is 16.3 Å². The monoisotopic (exact) mass is 389 g/mol. The second-order valence-electron chi connectivity index (χ2n) is 6.74. The van der Waals surface area contributed by atoms with Crippen LogP contribution in [0, 0.1) is 5.92 Å². The smallest absolute Gasteiger partial charge is 0.353 e.